The number of nitrogens with zero attached hydrogens (tertiary/aromatic N) is 1. The van der Waals surface area contributed by atoms with E-state index in [1.807, 2.05) is 24.3 Å². The van der Waals surface area contributed by atoms with Crippen molar-refractivity contribution in [1.29, 1.82) is 0 Å². The molecule has 0 saturated heterocycles. The molecule has 1 aromatic heterocycles. The molecule has 21 heavy (non-hydrogen) atoms. The second-order valence-electron chi connectivity index (χ2n) is 5.58. The van der Waals surface area contributed by atoms with Gasteiger partial charge in [0.2, 0.25) is 0 Å². The van der Waals surface area contributed by atoms with E-state index in [2.05, 4.69) is 9.97 Å². The molecule has 3 rings (SSSR count). The highest BCUT2D eigenvalue weighted by Crippen LogP contribution is 2.32. The second-order valence-corrected chi connectivity index (χ2v) is 5.58. The largest absolute Gasteiger partial charge is 0.482 e. The number of rotatable bonds is 5. The molecule has 1 fully saturated rings. The van der Waals surface area contributed by atoms with E-state index >= 15 is 0 Å². The Morgan fingerprint density at radius 2 is 2.05 bits per heavy atom. The van der Waals surface area contributed by atoms with E-state index in [1.54, 1.807) is 12.5 Å². The van der Waals surface area contributed by atoms with Crippen LogP contribution in [0.5, 0.6) is 5.75 Å². The predicted molar refractivity (Wildman–Crippen MR) is 81.1 cm³/mol. The van der Waals surface area contributed by atoms with Crippen LogP contribution in [-0.4, -0.2) is 22.4 Å². The number of imidazole rings is 1. The predicted octanol–water partition coefficient (Wildman–Crippen LogP) is 3.60. The molecule has 110 valence electrons. The number of aromatic amines is 1. The van der Waals surface area contributed by atoms with Gasteiger partial charge in [0.15, 0.2) is 12.4 Å². The van der Waals surface area contributed by atoms with Crippen molar-refractivity contribution < 1.29 is 9.53 Å². The lowest BCUT2D eigenvalue weighted by Crippen LogP contribution is -2.30. The summed E-state index contributed by atoms with van der Waals surface area (Å²) < 4.78 is 6.04. The average molecular weight is 284 g/mol. The van der Waals surface area contributed by atoms with Crippen LogP contribution in [0.25, 0.3) is 11.3 Å². The molecule has 1 atom stereocenters. The zero-order valence-electron chi connectivity index (χ0n) is 12.0. The Bertz CT molecular complexity index is 574. The molecule has 4 nitrogen and oxygen atoms in total. The first-order valence-electron chi connectivity index (χ1n) is 7.58. The standard InChI is InChI=1S/C17H20N2O2/c20-11-17(13-6-2-1-3-7-13)21-16-9-5-4-8-14(16)15-10-18-12-19-15/h4-5,8-13,17H,1-3,6-7H2,(H,18,19). The third-order valence-corrected chi connectivity index (χ3v) is 4.19. The Labute approximate surface area is 124 Å². The highest BCUT2D eigenvalue weighted by molar-refractivity contribution is 5.67. The molecule has 1 heterocycles. The molecule has 1 aromatic carbocycles. The smallest absolute Gasteiger partial charge is 0.160 e. The summed E-state index contributed by atoms with van der Waals surface area (Å²) in [6.45, 7) is 0. The number of benzene rings is 1. The lowest BCUT2D eigenvalue weighted by Gasteiger charge is -2.27. The lowest BCUT2D eigenvalue weighted by atomic mass is 9.85. The normalized spacial score (nSPS) is 17.3. The quantitative estimate of drug-likeness (QED) is 0.853. The van der Waals surface area contributed by atoms with Gasteiger partial charge >= 0.3 is 0 Å². The first-order valence-corrected chi connectivity index (χ1v) is 7.58. The average Bonchev–Trinajstić information content (AvgIpc) is 3.08. The third-order valence-electron chi connectivity index (χ3n) is 4.19. The van der Waals surface area contributed by atoms with Gasteiger partial charge in [0.05, 0.1) is 18.2 Å². The number of aromatic nitrogens is 2. The molecular weight excluding hydrogens is 264 g/mol. The summed E-state index contributed by atoms with van der Waals surface area (Å²) in [4.78, 5) is 18.6. The van der Waals surface area contributed by atoms with E-state index < -0.39 is 0 Å². The molecule has 1 saturated carbocycles. The van der Waals surface area contributed by atoms with Crippen LogP contribution in [0, 0.1) is 5.92 Å². The Morgan fingerprint density at radius 3 is 2.76 bits per heavy atom. The van der Waals surface area contributed by atoms with E-state index in [0.29, 0.717) is 5.92 Å². The van der Waals surface area contributed by atoms with Gasteiger partial charge in [-0.15, -0.1) is 0 Å². The zero-order valence-corrected chi connectivity index (χ0v) is 12.0. The maximum absolute atomic E-state index is 11.5. The summed E-state index contributed by atoms with van der Waals surface area (Å²) in [5.74, 6) is 1.08. The van der Waals surface area contributed by atoms with Gasteiger partial charge in [-0.2, -0.15) is 0 Å². The number of ether oxygens (including phenoxy) is 1. The van der Waals surface area contributed by atoms with Crippen molar-refractivity contribution in [1.82, 2.24) is 9.97 Å². The van der Waals surface area contributed by atoms with E-state index in [1.165, 1.54) is 19.3 Å². The van der Waals surface area contributed by atoms with E-state index in [4.69, 9.17) is 4.74 Å². The highest BCUT2D eigenvalue weighted by Gasteiger charge is 2.25. The molecule has 1 aliphatic carbocycles. The van der Waals surface area contributed by atoms with Crippen LogP contribution in [-0.2, 0) is 4.79 Å². The number of aldehydes is 1. The van der Waals surface area contributed by atoms with Crippen molar-refractivity contribution in [2.75, 3.05) is 0 Å². The topological polar surface area (TPSA) is 55.0 Å². The van der Waals surface area contributed by atoms with Crippen LogP contribution in [0.4, 0.5) is 0 Å². The molecule has 2 aromatic rings. The third kappa shape index (κ3) is 3.15. The first kappa shape index (κ1) is 13.9. The molecule has 0 radical (unpaired) electrons. The maximum Gasteiger partial charge on any atom is 0.160 e. The fourth-order valence-corrected chi connectivity index (χ4v) is 3.04. The minimum absolute atomic E-state index is 0.339. The van der Waals surface area contributed by atoms with Crippen LogP contribution in [0.3, 0.4) is 0 Å². The highest BCUT2D eigenvalue weighted by atomic mass is 16.5. The van der Waals surface area contributed by atoms with Crippen molar-refractivity contribution in [2.24, 2.45) is 5.92 Å². The van der Waals surface area contributed by atoms with Gasteiger partial charge in [-0.3, -0.25) is 4.79 Å². The van der Waals surface area contributed by atoms with Crippen LogP contribution >= 0.6 is 0 Å². The van der Waals surface area contributed by atoms with Crippen molar-refractivity contribution in [3.63, 3.8) is 0 Å². The fourth-order valence-electron chi connectivity index (χ4n) is 3.04. The summed E-state index contributed by atoms with van der Waals surface area (Å²) in [6, 6.07) is 7.78. The molecule has 4 heteroatoms. The van der Waals surface area contributed by atoms with Gasteiger partial charge in [-0.05, 0) is 25.0 Å². The number of hydrogen-bond acceptors (Lipinski definition) is 3. The Balaban J connectivity index is 1.81. The van der Waals surface area contributed by atoms with E-state index in [9.17, 15) is 4.79 Å². The molecule has 1 unspecified atom stereocenters. The molecule has 0 aliphatic heterocycles. The van der Waals surface area contributed by atoms with Gasteiger partial charge in [-0.25, -0.2) is 4.98 Å². The summed E-state index contributed by atoms with van der Waals surface area (Å²) >= 11 is 0. The number of nitrogens with one attached hydrogen (secondary N) is 1. The SMILES string of the molecule is O=CC(Oc1ccccc1-c1cnc[nH]1)C1CCCCC1. The molecular formula is C17H20N2O2. The second kappa shape index (κ2) is 6.57. The molecule has 1 aliphatic rings. The number of H-pyrrole nitrogens is 1. The summed E-state index contributed by atoms with van der Waals surface area (Å²) in [5, 5.41) is 0. The number of para-hydroxylation sites is 1. The van der Waals surface area contributed by atoms with Gasteiger partial charge in [-0.1, -0.05) is 31.4 Å². The van der Waals surface area contributed by atoms with E-state index in [0.717, 1.165) is 36.1 Å². The van der Waals surface area contributed by atoms with Crippen LogP contribution in [0.2, 0.25) is 0 Å². The Kier molecular flexibility index (Phi) is 4.34. The summed E-state index contributed by atoms with van der Waals surface area (Å²) in [5.41, 5.74) is 1.84. The van der Waals surface area contributed by atoms with Gasteiger partial charge in [0.25, 0.3) is 0 Å². The minimum Gasteiger partial charge on any atom is -0.482 e. The number of carbonyl (C=O) groups is 1. The van der Waals surface area contributed by atoms with Crippen molar-refractivity contribution >= 4 is 6.29 Å². The molecule has 0 amide bonds. The maximum atomic E-state index is 11.5. The Morgan fingerprint density at radius 1 is 1.24 bits per heavy atom. The fraction of sp³-hybridized carbons (Fsp3) is 0.412. The van der Waals surface area contributed by atoms with Crippen molar-refractivity contribution in [2.45, 2.75) is 38.2 Å². The van der Waals surface area contributed by atoms with E-state index in [-0.39, 0.29) is 6.10 Å². The molecule has 1 N–H and O–H groups in total. The lowest BCUT2D eigenvalue weighted by molar-refractivity contribution is -0.116. The number of carbonyl (C=O) groups excluding carboxylic acids is 1. The summed E-state index contributed by atoms with van der Waals surface area (Å²) in [7, 11) is 0. The van der Waals surface area contributed by atoms with Gasteiger partial charge in [0.1, 0.15) is 5.75 Å². The van der Waals surface area contributed by atoms with Crippen LogP contribution in [0.1, 0.15) is 32.1 Å². The van der Waals surface area contributed by atoms with Crippen LogP contribution in [0.15, 0.2) is 36.8 Å². The minimum atomic E-state index is -0.352. The first-order chi connectivity index (χ1) is 10.4. The summed E-state index contributed by atoms with van der Waals surface area (Å²) in [6.07, 6.45) is 9.83. The molecule has 0 spiro atoms. The van der Waals surface area contributed by atoms with Crippen molar-refractivity contribution in [3.05, 3.63) is 36.8 Å². The monoisotopic (exact) mass is 284 g/mol. The molecule has 0 bridgehead atoms. The zero-order chi connectivity index (χ0) is 14.5. The Hall–Kier alpha value is -2.10. The van der Waals surface area contributed by atoms with Gasteiger partial charge < -0.3 is 9.72 Å². The number of hydrogen-bond donors (Lipinski definition) is 1. The van der Waals surface area contributed by atoms with Crippen LogP contribution < -0.4 is 4.74 Å². The van der Waals surface area contributed by atoms with Crippen molar-refractivity contribution in [3.8, 4) is 17.0 Å². The van der Waals surface area contributed by atoms with Gasteiger partial charge in [0, 0.05) is 11.5 Å².